The van der Waals surface area contributed by atoms with Crippen LogP contribution < -0.4 is 0 Å². The number of rotatable bonds is 4. The van der Waals surface area contributed by atoms with E-state index in [9.17, 15) is 4.79 Å². The minimum Gasteiger partial charge on any atom is -0.295 e. The van der Waals surface area contributed by atoms with E-state index in [1.165, 1.54) is 11.3 Å². The number of thioether (sulfide) groups is 1. The molecule has 15 heavy (non-hydrogen) atoms. The molecule has 0 amide bonds. The van der Waals surface area contributed by atoms with Crippen LogP contribution in [-0.4, -0.2) is 23.2 Å². The SMILES string of the molecule is CC/C(C(C)=O)=C(\CCl)C1=CCCSC1. The molecule has 0 bridgehead atoms. The van der Waals surface area contributed by atoms with Crippen LogP contribution in [0.5, 0.6) is 0 Å². The summed E-state index contributed by atoms with van der Waals surface area (Å²) in [6.45, 7) is 3.64. The van der Waals surface area contributed by atoms with Gasteiger partial charge in [-0.05, 0) is 42.2 Å². The molecular formula is C12H17ClOS. The Balaban J connectivity index is 3.03. The molecule has 1 aliphatic heterocycles. The zero-order valence-electron chi connectivity index (χ0n) is 9.31. The number of hydrogen-bond donors (Lipinski definition) is 0. The van der Waals surface area contributed by atoms with Crippen LogP contribution in [0.1, 0.15) is 26.7 Å². The minimum absolute atomic E-state index is 0.157. The first-order valence-corrected chi connectivity index (χ1v) is 6.95. The molecule has 0 aromatic heterocycles. The largest absolute Gasteiger partial charge is 0.295 e. The number of hydrogen-bond acceptors (Lipinski definition) is 2. The number of halogens is 1. The molecule has 1 nitrogen and oxygen atoms in total. The second-order valence-corrected chi connectivity index (χ2v) is 4.94. The monoisotopic (exact) mass is 244 g/mol. The van der Waals surface area contributed by atoms with Crippen molar-refractivity contribution in [1.82, 2.24) is 0 Å². The van der Waals surface area contributed by atoms with Crippen LogP contribution in [0.25, 0.3) is 0 Å². The maximum atomic E-state index is 11.5. The predicted octanol–water partition coefficient (Wildman–Crippen LogP) is 3.58. The van der Waals surface area contributed by atoms with Gasteiger partial charge >= 0.3 is 0 Å². The number of carbonyl (C=O) groups is 1. The Hall–Kier alpha value is -0.210. The van der Waals surface area contributed by atoms with Crippen molar-refractivity contribution in [3.05, 3.63) is 22.8 Å². The first kappa shape index (κ1) is 12.9. The molecular weight excluding hydrogens is 228 g/mol. The fourth-order valence-corrected chi connectivity index (χ4v) is 3.08. The van der Waals surface area contributed by atoms with Crippen molar-refractivity contribution in [2.24, 2.45) is 0 Å². The van der Waals surface area contributed by atoms with E-state index >= 15 is 0 Å². The van der Waals surface area contributed by atoms with Gasteiger partial charge in [0.25, 0.3) is 0 Å². The maximum absolute atomic E-state index is 11.5. The number of alkyl halides is 1. The topological polar surface area (TPSA) is 17.1 Å². The molecule has 0 aliphatic carbocycles. The van der Waals surface area contributed by atoms with Crippen molar-refractivity contribution in [2.75, 3.05) is 17.4 Å². The van der Waals surface area contributed by atoms with Crippen molar-refractivity contribution in [3.8, 4) is 0 Å². The fraction of sp³-hybridized carbons (Fsp3) is 0.583. The van der Waals surface area contributed by atoms with Gasteiger partial charge in [0.2, 0.25) is 0 Å². The third-order valence-electron chi connectivity index (χ3n) is 2.57. The lowest BCUT2D eigenvalue weighted by atomic mass is 9.97. The Morgan fingerprint density at radius 3 is 2.73 bits per heavy atom. The molecule has 0 radical (unpaired) electrons. The van der Waals surface area contributed by atoms with E-state index in [-0.39, 0.29) is 5.78 Å². The molecule has 3 heteroatoms. The average molecular weight is 245 g/mol. The van der Waals surface area contributed by atoms with Gasteiger partial charge in [-0.2, -0.15) is 11.8 Å². The van der Waals surface area contributed by atoms with Gasteiger partial charge < -0.3 is 0 Å². The van der Waals surface area contributed by atoms with Crippen LogP contribution in [-0.2, 0) is 4.79 Å². The molecule has 0 saturated carbocycles. The molecule has 0 fully saturated rings. The molecule has 0 spiro atoms. The van der Waals surface area contributed by atoms with Crippen LogP contribution in [0.4, 0.5) is 0 Å². The highest BCUT2D eigenvalue weighted by Crippen LogP contribution is 2.27. The molecule has 1 aliphatic rings. The van der Waals surface area contributed by atoms with Crippen LogP contribution >= 0.6 is 23.4 Å². The summed E-state index contributed by atoms with van der Waals surface area (Å²) < 4.78 is 0. The summed E-state index contributed by atoms with van der Waals surface area (Å²) in [5.74, 6) is 2.79. The van der Waals surface area contributed by atoms with E-state index in [0.29, 0.717) is 5.88 Å². The highest BCUT2D eigenvalue weighted by molar-refractivity contribution is 7.99. The molecule has 0 unspecified atom stereocenters. The molecule has 0 aromatic carbocycles. The zero-order valence-corrected chi connectivity index (χ0v) is 10.9. The van der Waals surface area contributed by atoms with E-state index in [1.807, 2.05) is 18.7 Å². The Labute approximate surface area is 101 Å². The Morgan fingerprint density at radius 1 is 1.60 bits per heavy atom. The minimum atomic E-state index is 0.157. The van der Waals surface area contributed by atoms with Gasteiger partial charge in [-0.25, -0.2) is 0 Å². The van der Waals surface area contributed by atoms with E-state index in [2.05, 4.69) is 6.08 Å². The highest BCUT2D eigenvalue weighted by atomic mass is 35.5. The maximum Gasteiger partial charge on any atom is 0.156 e. The summed E-state index contributed by atoms with van der Waals surface area (Å²) in [6.07, 6.45) is 4.10. The van der Waals surface area contributed by atoms with Gasteiger partial charge in [-0.3, -0.25) is 4.79 Å². The van der Waals surface area contributed by atoms with Gasteiger partial charge in [0.05, 0.1) is 0 Å². The van der Waals surface area contributed by atoms with Crippen LogP contribution in [0.3, 0.4) is 0 Å². The second-order valence-electron chi connectivity index (χ2n) is 3.57. The summed E-state index contributed by atoms with van der Waals surface area (Å²) >= 11 is 7.87. The summed E-state index contributed by atoms with van der Waals surface area (Å²) in [5.41, 5.74) is 3.24. The van der Waals surface area contributed by atoms with Crippen molar-refractivity contribution < 1.29 is 4.79 Å². The van der Waals surface area contributed by atoms with E-state index < -0.39 is 0 Å². The first-order chi connectivity index (χ1) is 7.20. The van der Waals surface area contributed by atoms with E-state index in [1.54, 1.807) is 6.92 Å². The lowest BCUT2D eigenvalue weighted by molar-refractivity contribution is -0.113. The van der Waals surface area contributed by atoms with Crippen molar-refractivity contribution in [2.45, 2.75) is 26.7 Å². The Kier molecular flexibility index (Phi) is 5.48. The highest BCUT2D eigenvalue weighted by Gasteiger charge is 2.14. The molecule has 0 aromatic rings. The molecule has 0 atom stereocenters. The number of Topliss-reactive ketones (excluding diaryl/α,β-unsaturated/α-hetero) is 1. The third-order valence-corrected chi connectivity index (χ3v) is 3.88. The predicted molar refractivity (Wildman–Crippen MR) is 68.7 cm³/mol. The summed E-state index contributed by atoms with van der Waals surface area (Å²) in [4.78, 5) is 11.5. The van der Waals surface area contributed by atoms with E-state index in [0.717, 1.165) is 29.7 Å². The molecule has 84 valence electrons. The lowest BCUT2D eigenvalue weighted by Gasteiger charge is -2.17. The van der Waals surface area contributed by atoms with E-state index in [4.69, 9.17) is 11.6 Å². The van der Waals surface area contributed by atoms with Crippen molar-refractivity contribution in [3.63, 3.8) is 0 Å². The van der Waals surface area contributed by atoms with Crippen molar-refractivity contribution >= 4 is 29.1 Å². The molecule has 0 N–H and O–H groups in total. The fourth-order valence-electron chi connectivity index (χ4n) is 1.80. The summed E-state index contributed by atoms with van der Waals surface area (Å²) in [6, 6.07) is 0. The molecule has 1 heterocycles. The van der Waals surface area contributed by atoms with Gasteiger partial charge in [0.1, 0.15) is 0 Å². The normalized spacial score (nSPS) is 18.2. The van der Waals surface area contributed by atoms with Crippen LogP contribution in [0.2, 0.25) is 0 Å². The van der Waals surface area contributed by atoms with Gasteiger partial charge in [-0.1, -0.05) is 13.0 Å². The molecule has 0 saturated heterocycles. The Bertz CT molecular complexity index is 305. The van der Waals surface area contributed by atoms with Crippen LogP contribution in [0, 0.1) is 0 Å². The van der Waals surface area contributed by atoms with Gasteiger partial charge in [0.15, 0.2) is 5.78 Å². The van der Waals surface area contributed by atoms with Gasteiger partial charge in [-0.15, -0.1) is 11.6 Å². The number of allylic oxidation sites excluding steroid dienone is 3. The van der Waals surface area contributed by atoms with Crippen molar-refractivity contribution in [1.29, 1.82) is 0 Å². The number of ketones is 1. The van der Waals surface area contributed by atoms with Crippen LogP contribution in [0.15, 0.2) is 22.8 Å². The quantitative estimate of drug-likeness (QED) is 0.556. The second kappa shape index (κ2) is 6.39. The number of carbonyl (C=O) groups excluding carboxylic acids is 1. The third kappa shape index (κ3) is 3.39. The molecule has 1 rings (SSSR count). The van der Waals surface area contributed by atoms with Gasteiger partial charge in [0, 0.05) is 11.6 Å². The standard InChI is InChI=1S/C12H17ClOS/c1-3-11(9(2)14)12(7-13)10-5-4-6-15-8-10/h5H,3-4,6-8H2,1-2H3/b12-11-. The summed E-state index contributed by atoms with van der Waals surface area (Å²) in [5, 5.41) is 0. The first-order valence-electron chi connectivity index (χ1n) is 5.26. The zero-order chi connectivity index (χ0) is 11.3. The lowest BCUT2D eigenvalue weighted by Crippen LogP contribution is -2.08. The Morgan fingerprint density at radius 2 is 2.33 bits per heavy atom. The smallest absolute Gasteiger partial charge is 0.156 e. The summed E-state index contributed by atoms with van der Waals surface area (Å²) in [7, 11) is 0. The average Bonchev–Trinajstić information content (AvgIpc) is 2.26.